The monoisotopic (exact) mass is 431 g/mol. The summed E-state index contributed by atoms with van der Waals surface area (Å²) in [6, 6.07) is 20.2. The van der Waals surface area contributed by atoms with Crippen molar-refractivity contribution in [2.24, 2.45) is 11.7 Å². The molecule has 168 valence electrons. The van der Waals surface area contributed by atoms with Crippen molar-refractivity contribution in [3.63, 3.8) is 0 Å². The number of benzene rings is 2. The fourth-order valence-electron chi connectivity index (χ4n) is 5.60. The van der Waals surface area contributed by atoms with E-state index in [1.165, 1.54) is 0 Å². The Morgan fingerprint density at radius 3 is 2.28 bits per heavy atom. The number of rotatable bonds is 9. The Bertz CT molecular complexity index is 928. The third-order valence-corrected chi connectivity index (χ3v) is 7.21. The first-order chi connectivity index (χ1) is 15.5. The zero-order valence-corrected chi connectivity index (χ0v) is 19.1. The minimum absolute atomic E-state index is 0.153. The number of hydrogen-bond acceptors (Lipinski definition) is 2. The Morgan fingerprint density at radius 2 is 1.72 bits per heavy atom. The third-order valence-electron chi connectivity index (χ3n) is 7.21. The van der Waals surface area contributed by atoms with E-state index in [0.29, 0.717) is 0 Å². The van der Waals surface area contributed by atoms with Gasteiger partial charge < -0.3 is 15.0 Å². The average Bonchev–Trinajstić information content (AvgIpc) is 3.21. The van der Waals surface area contributed by atoms with Gasteiger partial charge in [0.25, 0.3) is 0 Å². The molecule has 0 bridgehead atoms. The highest BCUT2D eigenvalue weighted by Gasteiger charge is 2.53. The molecule has 32 heavy (non-hydrogen) atoms. The van der Waals surface area contributed by atoms with E-state index in [0.717, 1.165) is 73.3 Å². The molecular formula is C28H35N2O2+. The van der Waals surface area contributed by atoms with Crippen molar-refractivity contribution in [1.29, 1.82) is 0 Å². The first-order valence-corrected chi connectivity index (χ1v) is 11.8. The van der Waals surface area contributed by atoms with Crippen molar-refractivity contribution in [2.75, 3.05) is 33.3 Å². The number of nitrogens with two attached hydrogens (primary N) is 1. The average molecular weight is 432 g/mol. The van der Waals surface area contributed by atoms with Crippen LogP contribution in [0.2, 0.25) is 0 Å². The number of carbonyl (C=O) groups excluding carboxylic acids is 1. The summed E-state index contributed by atoms with van der Waals surface area (Å²) in [4.78, 5) is 13.2. The van der Waals surface area contributed by atoms with Crippen LogP contribution in [0.25, 0.3) is 0 Å². The van der Waals surface area contributed by atoms with Crippen LogP contribution in [0.4, 0.5) is 0 Å². The highest BCUT2D eigenvalue weighted by Crippen LogP contribution is 2.45. The molecule has 4 nitrogen and oxygen atoms in total. The number of allylic oxidation sites excluding steroid dienone is 3. The Morgan fingerprint density at radius 1 is 1.06 bits per heavy atom. The van der Waals surface area contributed by atoms with E-state index < -0.39 is 5.41 Å². The summed E-state index contributed by atoms with van der Waals surface area (Å²) in [5, 5.41) is 0. The molecule has 1 amide bonds. The maximum atomic E-state index is 13.2. The van der Waals surface area contributed by atoms with Crippen LogP contribution in [-0.4, -0.2) is 43.7 Å². The zero-order chi connectivity index (χ0) is 22.4. The third kappa shape index (κ3) is 4.51. The molecule has 0 spiro atoms. The number of primary amides is 1. The van der Waals surface area contributed by atoms with E-state index in [9.17, 15) is 4.79 Å². The lowest BCUT2D eigenvalue weighted by molar-refractivity contribution is -0.899. The number of hydrogen-bond donors (Lipinski definition) is 1. The quantitative estimate of drug-likeness (QED) is 0.467. The van der Waals surface area contributed by atoms with Crippen LogP contribution in [0.5, 0.6) is 0 Å². The maximum Gasteiger partial charge on any atom is 0.233 e. The fraction of sp³-hybridized carbons (Fsp3) is 0.393. The van der Waals surface area contributed by atoms with Gasteiger partial charge >= 0.3 is 0 Å². The smallest absolute Gasteiger partial charge is 0.233 e. The number of likely N-dealkylation sites (tertiary alicyclic amines) is 1. The van der Waals surface area contributed by atoms with Crippen molar-refractivity contribution in [2.45, 2.75) is 31.1 Å². The van der Waals surface area contributed by atoms with E-state index in [4.69, 9.17) is 10.5 Å². The summed E-state index contributed by atoms with van der Waals surface area (Å²) >= 11 is 0. The molecule has 2 N–H and O–H groups in total. The lowest BCUT2D eigenvalue weighted by atomic mass is 9.64. The largest absolute Gasteiger partial charge is 0.494 e. The van der Waals surface area contributed by atoms with Crippen molar-refractivity contribution >= 4 is 5.91 Å². The molecule has 2 aliphatic rings. The summed E-state index contributed by atoms with van der Waals surface area (Å²) in [6.45, 7) is 3.73. The van der Waals surface area contributed by atoms with Crippen molar-refractivity contribution in [3.8, 4) is 0 Å². The van der Waals surface area contributed by atoms with E-state index in [1.54, 1.807) is 0 Å². The second kappa shape index (κ2) is 9.74. The molecule has 1 heterocycles. The first kappa shape index (κ1) is 22.3. The predicted molar refractivity (Wildman–Crippen MR) is 129 cm³/mol. The van der Waals surface area contributed by atoms with Gasteiger partial charge in [0, 0.05) is 18.8 Å². The summed E-state index contributed by atoms with van der Waals surface area (Å²) in [6.07, 6.45) is 10.6. The number of carbonyl (C=O) groups is 1. The van der Waals surface area contributed by atoms with Crippen molar-refractivity contribution < 1.29 is 14.0 Å². The van der Waals surface area contributed by atoms with Crippen LogP contribution in [0, 0.1) is 5.92 Å². The highest BCUT2D eigenvalue weighted by atomic mass is 16.5. The number of ether oxygens (including phenoxy) is 1. The van der Waals surface area contributed by atoms with E-state index in [-0.39, 0.29) is 11.8 Å². The maximum absolute atomic E-state index is 13.2. The van der Waals surface area contributed by atoms with Crippen LogP contribution in [0.3, 0.4) is 0 Å². The lowest BCUT2D eigenvalue weighted by Gasteiger charge is -2.38. The topological polar surface area (TPSA) is 52.3 Å². The molecule has 0 radical (unpaired) electrons. The van der Waals surface area contributed by atoms with Gasteiger partial charge in [-0.1, -0.05) is 66.7 Å². The molecule has 4 heteroatoms. The lowest BCUT2D eigenvalue weighted by Crippen LogP contribution is -2.51. The van der Waals surface area contributed by atoms with Gasteiger partial charge in [0.05, 0.1) is 33.3 Å². The van der Waals surface area contributed by atoms with Gasteiger partial charge in [-0.3, -0.25) is 4.79 Å². The van der Waals surface area contributed by atoms with E-state index in [2.05, 4.69) is 49.5 Å². The van der Waals surface area contributed by atoms with Crippen molar-refractivity contribution in [3.05, 3.63) is 95.8 Å². The Hall–Kier alpha value is -2.85. The second-order valence-electron chi connectivity index (χ2n) is 9.43. The molecule has 2 atom stereocenters. The van der Waals surface area contributed by atoms with Crippen LogP contribution in [-0.2, 0) is 14.9 Å². The molecule has 1 aliphatic heterocycles. The van der Waals surface area contributed by atoms with Crippen LogP contribution >= 0.6 is 0 Å². The molecule has 1 aliphatic carbocycles. The molecule has 1 fully saturated rings. The fourth-order valence-corrected chi connectivity index (χ4v) is 5.60. The summed E-state index contributed by atoms with van der Waals surface area (Å²) in [7, 11) is 2.31. The normalized spacial score (nSPS) is 23.0. The minimum atomic E-state index is -0.813. The molecule has 2 aromatic carbocycles. The first-order valence-electron chi connectivity index (χ1n) is 11.8. The molecule has 2 aromatic rings. The molecule has 0 saturated carbocycles. The Balaban J connectivity index is 1.52. The van der Waals surface area contributed by atoms with Gasteiger partial charge in [-0.15, -0.1) is 0 Å². The summed E-state index contributed by atoms with van der Waals surface area (Å²) in [5.74, 6) is 0.895. The number of amides is 1. The molecule has 2 unspecified atom stereocenters. The molecule has 4 rings (SSSR count). The predicted octanol–water partition coefficient (Wildman–Crippen LogP) is 4.57. The van der Waals surface area contributed by atoms with Gasteiger partial charge in [0.1, 0.15) is 11.2 Å². The van der Waals surface area contributed by atoms with Gasteiger partial charge in [0.15, 0.2) is 0 Å². The van der Waals surface area contributed by atoms with Crippen LogP contribution in [0.1, 0.15) is 36.8 Å². The van der Waals surface area contributed by atoms with E-state index in [1.807, 2.05) is 36.4 Å². The van der Waals surface area contributed by atoms with Crippen LogP contribution < -0.4 is 5.73 Å². The SMILES string of the molecule is C[N+]1(CCCOC2=CCCC=C2)CCC(C(C(N)=O)(c2ccccc2)c2ccccc2)C1. The highest BCUT2D eigenvalue weighted by molar-refractivity contribution is 5.91. The minimum Gasteiger partial charge on any atom is -0.494 e. The standard InChI is InChI=1S/C28H34N2O2/c1-30(19-11-21-32-26-16-9-4-10-17-26)20-18-25(22-30)28(27(29)31,23-12-5-2-6-13-23)24-14-7-3-8-15-24/h2-3,5-9,12-17,25H,4,10-11,18-22H2,1H3,(H-,29,31)/p+1. The van der Waals surface area contributed by atoms with Gasteiger partial charge in [0.2, 0.25) is 5.91 Å². The number of quaternary nitrogens is 1. The Kier molecular flexibility index (Phi) is 6.80. The van der Waals surface area contributed by atoms with Gasteiger partial charge in [-0.05, 0) is 36.1 Å². The Labute approximate surface area is 192 Å². The molecular weight excluding hydrogens is 396 g/mol. The summed E-state index contributed by atoms with van der Waals surface area (Å²) in [5.41, 5.74) is 7.41. The molecule has 1 saturated heterocycles. The second-order valence-corrected chi connectivity index (χ2v) is 9.43. The van der Waals surface area contributed by atoms with Gasteiger partial charge in [-0.25, -0.2) is 0 Å². The van der Waals surface area contributed by atoms with Crippen molar-refractivity contribution in [1.82, 2.24) is 0 Å². The summed E-state index contributed by atoms with van der Waals surface area (Å²) < 4.78 is 6.89. The van der Waals surface area contributed by atoms with Gasteiger partial charge in [-0.2, -0.15) is 0 Å². The number of nitrogens with zero attached hydrogens (tertiary/aromatic N) is 1. The van der Waals surface area contributed by atoms with Crippen LogP contribution in [0.15, 0.2) is 84.7 Å². The zero-order valence-electron chi connectivity index (χ0n) is 19.1. The molecule has 0 aromatic heterocycles. The van der Waals surface area contributed by atoms with E-state index >= 15 is 0 Å².